The average molecular weight is 1410 g/mol. The second-order valence-electron chi connectivity index (χ2n) is 22.5. The van der Waals surface area contributed by atoms with Crippen molar-refractivity contribution in [3.05, 3.63) is 311 Å². The topological polar surface area (TPSA) is 309 Å². The van der Waals surface area contributed by atoms with Gasteiger partial charge in [-0.15, -0.1) is 4.52 Å². The van der Waals surface area contributed by atoms with Crippen molar-refractivity contribution in [3.63, 3.8) is 0 Å². The Hall–Kier alpha value is -10.6. The normalized spacial score (nSPS) is 21.0. The Morgan fingerprint density at radius 3 is 1.08 bits per heavy atom. The molecule has 0 radical (unpaired) electrons. The van der Waals surface area contributed by atoms with E-state index >= 15 is 4.57 Å². The first-order valence-corrected chi connectivity index (χ1v) is 33.9. The maximum Gasteiger partial charge on any atom is 0.491 e. The summed E-state index contributed by atoms with van der Waals surface area (Å²) in [4.78, 5) is 112. The summed E-state index contributed by atoms with van der Waals surface area (Å²) < 4.78 is 114. The van der Waals surface area contributed by atoms with Crippen LogP contribution >= 0.6 is 16.1 Å². The number of carbonyl (C=O) groups is 6. The minimum atomic E-state index is -6.24. The lowest BCUT2D eigenvalue weighted by atomic mass is 9.80. The highest BCUT2D eigenvalue weighted by molar-refractivity contribution is 7.47. The molecule has 0 aliphatic carbocycles. The first-order chi connectivity index (χ1) is 49.0. The Labute approximate surface area is 579 Å². The van der Waals surface area contributed by atoms with Crippen LogP contribution in [0.3, 0.4) is 0 Å². The summed E-state index contributed by atoms with van der Waals surface area (Å²) in [6, 6.07) is 66.9. The molecule has 2 heterocycles. The van der Waals surface area contributed by atoms with Gasteiger partial charge in [-0.25, -0.2) is 33.3 Å². The van der Waals surface area contributed by atoms with Crippen LogP contribution < -0.4 is 14.4 Å². The Morgan fingerprint density at radius 1 is 0.396 bits per heavy atom. The standard InChI is InChI=1S/C75H64O24P2/c1-86-57-42-38-55(39-43-57)75(54-36-22-9-23-37-54,56-40-44-58(87-2)45-41-56)89-47-60-61(92-68(77)49-26-12-4-13-27-49)63(93-69(78)50-28-14-5-15-29-50)66(96-72(81)53-34-20-8-21-35-53)74(91-60)99-101(84,85)98-62-59(46-88-67(76)48-24-10-3-11-25-48)90-73(97-100(82)83)65(95-71(80)52-32-18-7-19-33-52)64(62)94-70(79)51-30-16-6-17-31-51/h3-45,59-66,73-74H,46-47H2,1-2H3,(H,84,85)/t59-,60-,61-,62-,63+,64+,65+,66+,73-,74-/m1/s1. The number of hydrogen-bond donors (Lipinski definition) is 1. The van der Waals surface area contributed by atoms with Crippen molar-refractivity contribution in [2.75, 3.05) is 27.4 Å². The van der Waals surface area contributed by atoms with Crippen LogP contribution in [0.2, 0.25) is 0 Å². The lowest BCUT2D eigenvalue weighted by Crippen LogP contribution is -2.63. The van der Waals surface area contributed by atoms with Crippen molar-refractivity contribution >= 4 is 51.9 Å². The van der Waals surface area contributed by atoms with Gasteiger partial charge in [0.05, 0.1) is 54.2 Å². The maximum atomic E-state index is 15.9. The van der Waals surface area contributed by atoms with Crippen LogP contribution in [0.5, 0.6) is 11.5 Å². The van der Waals surface area contributed by atoms with Gasteiger partial charge in [0.15, 0.2) is 30.5 Å². The van der Waals surface area contributed by atoms with E-state index in [1.54, 1.807) is 127 Å². The number of phosphoric ester groups is 1. The predicted octanol–water partition coefficient (Wildman–Crippen LogP) is 11.0. The monoisotopic (exact) mass is 1410 g/mol. The van der Waals surface area contributed by atoms with Crippen molar-refractivity contribution in [2.24, 2.45) is 0 Å². The summed E-state index contributed by atoms with van der Waals surface area (Å²) in [5, 5.41) is 0. The van der Waals surface area contributed by atoms with Gasteiger partial charge < -0.3 is 61.9 Å². The Morgan fingerprint density at radius 2 is 0.703 bits per heavy atom. The second-order valence-corrected chi connectivity index (χ2v) is 24.5. The molecule has 2 aliphatic heterocycles. The zero-order valence-corrected chi connectivity index (χ0v) is 55.5. The van der Waals surface area contributed by atoms with Gasteiger partial charge in [0.1, 0.15) is 42.0 Å². The highest BCUT2D eigenvalue weighted by Gasteiger charge is 2.59. The highest BCUT2D eigenvalue weighted by Crippen LogP contribution is 2.52. The average Bonchev–Trinajstić information content (AvgIpc) is 0.756. The van der Waals surface area contributed by atoms with E-state index in [1.807, 2.05) is 0 Å². The second kappa shape index (κ2) is 33.5. The van der Waals surface area contributed by atoms with E-state index in [2.05, 4.69) is 0 Å². The van der Waals surface area contributed by atoms with Gasteiger partial charge in [-0.05, 0) is 118 Å². The van der Waals surface area contributed by atoms with Crippen LogP contribution in [-0.4, -0.2) is 130 Å². The summed E-state index contributed by atoms with van der Waals surface area (Å²) in [6.45, 7) is -1.78. The molecule has 9 aromatic rings. The summed E-state index contributed by atoms with van der Waals surface area (Å²) >= 11 is 0. The molecule has 12 atom stereocenters. The van der Waals surface area contributed by atoms with Crippen LogP contribution in [0.4, 0.5) is 0 Å². The van der Waals surface area contributed by atoms with Crippen molar-refractivity contribution in [2.45, 2.75) is 67.0 Å². The van der Waals surface area contributed by atoms with E-state index < -0.39 is 132 Å². The summed E-state index contributed by atoms with van der Waals surface area (Å²) in [7, 11) is -7.21. The fourth-order valence-corrected chi connectivity index (χ4v) is 12.7. The SMILES string of the molecule is COc1ccc(C(OC[C@H]2O[C@H](OP(=O)(O)O[C@H]3[C@H](OC(=O)c4ccccc4)[C@H](OC(=O)c4ccccc4)[C@@H](O[P+](=O)[O-])O[C@@H]3COC(=O)c3ccccc3)[C@@H](OC(=O)c3ccccc3)[C@@H](OC(=O)c3ccccc3)[C@@H]2OC(=O)c2ccccc2)(c2ccccc2)c2ccc(OC)cc2)cc1. The maximum absolute atomic E-state index is 15.9. The van der Waals surface area contributed by atoms with Gasteiger partial charge >= 0.3 is 51.9 Å². The molecule has 0 aromatic heterocycles. The van der Waals surface area contributed by atoms with E-state index in [4.69, 9.17) is 65.7 Å². The molecule has 0 bridgehead atoms. The number of benzene rings is 9. The van der Waals surface area contributed by atoms with E-state index in [1.165, 1.54) is 148 Å². The van der Waals surface area contributed by atoms with Crippen LogP contribution in [0.1, 0.15) is 78.8 Å². The Bertz CT molecular complexity index is 4270. The van der Waals surface area contributed by atoms with Crippen molar-refractivity contribution in [1.82, 2.24) is 0 Å². The number of esters is 6. The first-order valence-electron chi connectivity index (χ1n) is 31.3. The predicted molar refractivity (Wildman–Crippen MR) is 355 cm³/mol. The number of rotatable bonds is 27. The van der Waals surface area contributed by atoms with E-state index in [-0.39, 0.29) is 33.4 Å². The third-order valence-electron chi connectivity index (χ3n) is 16.2. The molecular weight excluding hydrogens is 1350 g/mol. The molecule has 11 rings (SSSR count). The molecule has 2 aliphatic rings. The van der Waals surface area contributed by atoms with Crippen LogP contribution in [0, 0.1) is 0 Å². The Kier molecular flexibility index (Phi) is 23.8. The smallest absolute Gasteiger partial charge is 0.491 e. The van der Waals surface area contributed by atoms with Gasteiger partial charge in [0.25, 0.3) is 6.29 Å². The van der Waals surface area contributed by atoms with E-state index in [0.717, 1.165) is 0 Å². The van der Waals surface area contributed by atoms with Crippen molar-refractivity contribution in [3.8, 4) is 11.5 Å². The molecule has 0 amide bonds. The minimum absolute atomic E-state index is 0.0116. The zero-order valence-electron chi connectivity index (χ0n) is 53.7. The van der Waals surface area contributed by atoms with Gasteiger partial charge in [0, 0.05) is 0 Å². The van der Waals surface area contributed by atoms with Crippen LogP contribution in [-0.2, 0) is 70.9 Å². The van der Waals surface area contributed by atoms with Gasteiger partial charge in [-0.1, -0.05) is 164 Å². The third kappa shape index (κ3) is 17.7. The molecular formula is C75H64O24P2. The van der Waals surface area contributed by atoms with E-state index in [0.29, 0.717) is 28.2 Å². The molecule has 2 unspecified atom stereocenters. The number of carbonyl (C=O) groups excluding carboxylic acids is 6. The molecule has 518 valence electrons. The molecule has 0 spiro atoms. The zero-order chi connectivity index (χ0) is 70.9. The summed E-state index contributed by atoms with van der Waals surface area (Å²) in [6.07, 6.45) is -22.1. The van der Waals surface area contributed by atoms with Crippen LogP contribution in [0.25, 0.3) is 0 Å². The van der Waals surface area contributed by atoms with E-state index in [9.17, 15) is 43.1 Å². The lowest BCUT2D eigenvalue weighted by Gasteiger charge is -2.46. The largest absolute Gasteiger partial charge is 0.566 e. The molecule has 24 nitrogen and oxygen atoms in total. The lowest BCUT2D eigenvalue weighted by molar-refractivity contribution is -0.295. The number of methoxy groups -OCH3 is 2. The van der Waals surface area contributed by atoms with Gasteiger partial charge in [-0.2, -0.15) is 0 Å². The summed E-state index contributed by atoms with van der Waals surface area (Å²) in [5.74, 6) is -5.79. The van der Waals surface area contributed by atoms with Crippen molar-refractivity contribution in [1.29, 1.82) is 0 Å². The highest BCUT2D eigenvalue weighted by atomic mass is 31.2. The quantitative estimate of drug-likeness (QED) is 0.0216. The molecule has 26 heteroatoms. The number of ether oxygens (including phenoxy) is 11. The molecule has 2 saturated heterocycles. The Balaban J connectivity index is 1.07. The minimum Gasteiger partial charge on any atom is -0.566 e. The van der Waals surface area contributed by atoms with Gasteiger partial charge in [0.2, 0.25) is 6.29 Å². The van der Waals surface area contributed by atoms with Crippen molar-refractivity contribution < 1.29 is 113 Å². The number of phosphoric acid groups is 1. The molecule has 9 aromatic carbocycles. The number of hydrogen-bond acceptors (Lipinski definition) is 23. The fourth-order valence-electron chi connectivity index (χ4n) is 11.3. The van der Waals surface area contributed by atoms with Gasteiger partial charge in [-0.3, -0.25) is 9.05 Å². The fraction of sp³-hybridized carbons (Fsp3) is 0.200. The molecule has 2 fully saturated rings. The molecule has 101 heavy (non-hydrogen) atoms. The summed E-state index contributed by atoms with van der Waals surface area (Å²) in [5.41, 5.74) is -0.764. The van der Waals surface area contributed by atoms with Crippen LogP contribution in [0.15, 0.2) is 261 Å². The third-order valence-corrected chi connectivity index (χ3v) is 17.5. The molecule has 1 N–H and O–H groups in total. The first kappa shape index (κ1) is 71.7. The molecule has 0 saturated carbocycles.